The molecule has 0 amide bonds. The summed E-state index contributed by atoms with van der Waals surface area (Å²) in [7, 11) is 0. The van der Waals surface area contributed by atoms with Crippen molar-refractivity contribution in [3.63, 3.8) is 0 Å². The van der Waals surface area contributed by atoms with E-state index in [2.05, 4.69) is 46.7 Å². The summed E-state index contributed by atoms with van der Waals surface area (Å²) < 4.78 is 6.42. The minimum Gasteiger partial charge on any atom is -0.454 e. The van der Waals surface area contributed by atoms with E-state index in [4.69, 9.17) is 4.42 Å². The van der Waals surface area contributed by atoms with Crippen LogP contribution in [0.5, 0.6) is 0 Å². The Hall–Kier alpha value is -0.0700. The van der Waals surface area contributed by atoms with Gasteiger partial charge in [0.25, 0.3) is 0 Å². The minimum atomic E-state index is 0.835. The van der Waals surface area contributed by atoms with Gasteiger partial charge in [0.1, 0.15) is 5.76 Å². The van der Waals surface area contributed by atoms with Crippen molar-refractivity contribution in [3.05, 3.63) is 21.7 Å². The van der Waals surface area contributed by atoms with Gasteiger partial charge in [0.15, 0.2) is 3.77 Å². The highest BCUT2D eigenvalue weighted by Crippen LogP contribution is 2.09. The van der Waals surface area contributed by atoms with E-state index in [9.17, 15) is 0 Å². The van der Waals surface area contributed by atoms with Crippen molar-refractivity contribution in [2.24, 2.45) is 0 Å². The molecule has 0 radical (unpaired) electrons. The molecule has 0 aliphatic heterocycles. The zero-order valence-electron chi connectivity index (χ0n) is 10.1. The van der Waals surface area contributed by atoms with Crippen molar-refractivity contribution in [3.8, 4) is 0 Å². The van der Waals surface area contributed by atoms with Crippen LogP contribution in [-0.2, 0) is 6.54 Å². The van der Waals surface area contributed by atoms with E-state index in [0.29, 0.717) is 0 Å². The highest BCUT2D eigenvalue weighted by Gasteiger charge is 2.00. The Morgan fingerprint density at radius 3 is 2.62 bits per heavy atom. The number of nitrogens with one attached hydrogen (secondary N) is 1. The van der Waals surface area contributed by atoms with Crippen LogP contribution in [0.3, 0.4) is 0 Å². The molecule has 0 fully saturated rings. The average Bonchev–Trinajstić information content (AvgIpc) is 2.70. The topological polar surface area (TPSA) is 28.4 Å². The molecular formula is C12H21IN2O. The minimum absolute atomic E-state index is 0.835. The molecule has 0 aromatic carbocycles. The van der Waals surface area contributed by atoms with Crippen molar-refractivity contribution in [1.82, 2.24) is 10.2 Å². The summed E-state index contributed by atoms with van der Waals surface area (Å²) in [5.41, 5.74) is 0. The third-order valence-electron chi connectivity index (χ3n) is 2.65. The van der Waals surface area contributed by atoms with Gasteiger partial charge in [-0.3, -0.25) is 0 Å². The standard InChI is InChI=1S/C12H21IN2O/c1-3-15(4-2)9-5-8-14-10-11-6-7-12(13)16-11/h6-7,14H,3-5,8-10H2,1-2H3. The molecule has 1 aromatic heterocycles. The molecule has 0 bridgehead atoms. The summed E-state index contributed by atoms with van der Waals surface area (Å²) >= 11 is 2.19. The molecule has 3 nitrogen and oxygen atoms in total. The van der Waals surface area contributed by atoms with Crippen LogP contribution in [-0.4, -0.2) is 31.1 Å². The Labute approximate surface area is 112 Å². The monoisotopic (exact) mass is 336 g/mol. The molecule has 92 valence electrons. The summed E-state index contributed by atoms with van der Waals surface area (Å²) in [5, 5.41) is 3.39. The van der Waals surface area contributed by atoms with E-state index in [1.54, 1.807) is 0 Å². The Bertz CT molecular complexity index is 284. The molecule has 0 saturated heterocycles. The van der Waals surface area contributed by atoms with E-state index in [1.807, 2.05) is 12.1 Å². The predicted molar refractivity (Wildman–Crippen MR) is 75.5 cm³/mol. The molecule has 4 heteroatoms. The van der Waals surface area contributed by atoms with Gasteiger partial charge in [0.05, 0.1) is 6.54 Å². The van der Waals surface area contributed by atoms with Crippen LogP contribution in [0.1, 0.15) is 26.0 Å². The molecule has 0 saturated carbocycles. The zero-order valence-corrected chi connectivity index (χ0v) is 12.3. The van der Waals surface area contributed by atoms with E-state index >= 15 is 0 Å². The lowest BCUT2D eigenvalue weighted by atomic mass is 10.3. The van der Waals surface area contributed by atoms with Crippen LogP contribution in [0.15, 0.2) is 16.5 Å². The number of rotatable bonds is 8. The van der Waals surface area contributed by atoms with Gasteiger partial charge in [-0.15, -0.1) is 0 Å². The molecule has 1 rings (SSSR count). The van der Waals surface area contributed by atoms with Gasteiger partial charge < -0.3 is 14.6 Å². The van der Waals surface area contributed by atoms with Crippen LogP contribution in [0.25, 0.3) is 0 Å². The summed E-state index contributed by atoms with van der Waals surface area (Å²) in [6.07, 6.45) is 1.19. The van der Waals surface area contributed by atoms with Crippen molar-refractivity contribution in [1.29, 1.82) is 0 Å². The third-order valence-corrected chi connectivity index (χ3v) is 3.23. The lowest BCUT2D eigenvalue weighted by Gasteiger charge is -2.17. The molecule has 1 heterocycles. The lowest BCUT2D eigenvalue weighted by molar-refractivity contribution is 0.297. The quantitative estimate of drug-likeness (QED) is 0.585. The molecule has 1 N–H and O–H groups in total. The molecule has 0 unspecified atom stereocenters. The van der Waals surface area contributed by atoms with Crippen molar-refractivity contribution < 1.29 is 4.42 Å². The molecule has 0 spiro atoms. The van der Waals surface area contributed by atoms with Gasteiger partial charge >= 0.3 is 0 Å². The maximum atomic E-state index is 5.47. The van der Waals surface area contributed by atoms with Crippen LogP contribution < -0.4 is 5.32 Å². The number of nitrogens with zero attached hydrogens (tertiary/aromatic N) is 1. The van der Waals surface area contributed by atoms with Gasteiger partial charge in [-0.2, -0.15) is 0 Å². The first-order valence-corrected chi connectivity index (χ1v) is 7.01. The van der Waals surface area contributed by atoms with Gasteiger partial charge in [0.2, 0.25) is 0 Å². The van der Waals surface area contributed by atoms with E-state index in [1.165, 1.54) is 13.0 Å². The average molecular weight is 336 g/mol. The Kier molecular flexibility index (Phi) is 7.07. The van der Waals surface area contributed by atoms with Gasteiger partial charge in [-0.05, 0) is 67.3 Å². The third kappa shape index (κ3) is 5.32. The molecule has 0 aliphatic carbocycles. The Morgan fingerprint density at radius 2 is 2.06 bits per heavy atom. The first-order chi connectivity index (χ1) is 7.76. The van der Waals surface area contributed by atoms with Gasteiger partial charge in [0, 0.05) is 0 Å². The summed E-state index contributed by atoms with van der Waals surface area (Å²) in [6.45, 7) is 9.77. The molecule has 0 atom stereocenters. The maximum absolute atomic E-state index is 5.47. The van der Waals surface area contributed by atoms with Crippen molar-refractivity contribution in [2.75, 3.05) is 26.2 Å². The van der Waals surface area contributed by atoms with Crippen molar-refractivity contribution in [2.45, 2.75) is 26.8 Å². The Morgan fingerprint density at radius 1 is 1.31 bits per heavy atom. The summed E-state index contributed by atoms with van der Waals surface area (Å²) in [5.74, 6) is 1.02. The highest BCUT2D eigenvalue weighted by molar-refractivity contribution is 14.1. The predicted octanol–water partition coefficient (Wildman–Crippen LogP) is 2.71. The van der Waals surface area contributed by atoms with Crippen LogP contribution in [0.2, 0.25) is 0 Å². The first-order valence-electron chi connectivity index (χ1n) is 5.93. The summed E-state index contributed by atoms with van der Waals surface area (Å²) in [4.78, 5) is 2.44. The number of hydrogen-bond donors (Lipinski definition) is 1. The van der Waals surface area contributed by atoms with Crippen LogP contribution in [0, 0.1) is 3.77 Å². The molecule has 1 aromatic rings. The first kappa shape index (κ1) is 14.0. The van der Waals surface area contributed by atoms with Crippen LogP contribution >= 0.6 is 22.6 Å². The fourth-order valence-corrected chi connectivity index (χ4v) is 2.09. The number of halogens is 1. The van der Waals surface area contributed by atoms with E-state index in [0.717, 1.165) is 35.7 Å². The number of hydrogen-bond acceptors (Lipinski definition) is 3. The second-order valence-corrected chi connectivity index (χ2v) is 4.83. The lowest BCUT2D eigenvalue weighted by Crippen LogP contribution is -2.27. The van der Waals surface area contributed by atoms with Gasteiger partial charge in [-0.25, -0.2) is 0 Å². The normalized spacial score (nSPS) is 11.2. The highest BCUT2D eigenvalue weighted by atomic mass is 127. The van der Waals surface area contributed by atoms with Gasteiger partial charge in [-0.1, -0.05) is 13.8 Å². The Balaban J connectivity index is 2.04. The fraction of sp³-hybridized carbons (Fsp3) is 0.667. The maximum Gasteiger partial charge on any atom is 0.164 e. The van der Waals surface area contributed by atoms with E-state index in [-0.39, 0.29) is 0 Å². The van der Waals surface area contributed by atoms with Crippen molar-refractivity contribution >= 4 is 22.6 Å². The number of furan rings is 1. The summed E-state index contributed by atoms with van der Waals surface area (Å²) in [6, 6.07) is 4.02. The molecular weight excluding hydrogens is 315 g/mol. The smallest absolute Gasteiger partial charge is 0.164 e. The fourth-order valence-electron chi connectivity index (χ4n) is 1.63. The van der Waals surface area contributed by atoms with Crippen LogP contribution in [0.4, 0.5) is 0 Å². The molecule has 16 heavy (non-hydrogen) atoms. The zero-order chi connectivity index (χ0) is 11.8. The van der Waals surface area contributed by atoms with E-state index < -0.39 is 0 Å². The second kappa shape index (κ2) is 8.08. The largest absolute Gasteiger partial charge is 0.454 e. The molecule has 0 aliphatic rings. The second-order valence-electron chi connectivity index (χ2n) is 3.76. The SMILES string of the molecule is CCN(CC)CCCNCc1ccc(I)o1.